The molecule has 1 atom stereocenters. The van der Waals surface area contributed by atoms with E-state index in [9.17, 15) is 9.59 Å². The molecule has 1 unspecified atom stereocenters. The summed E-state index contributed by atoms with van der Waals surface area (Å²) in [6, 6.07) is 13.9. The van der Waals surface area contributed by atoms with Crippen LogP contribution in [-0.2, 0) is 24.7 Å². The van der Waals surface area contributed by atoms with E-state index < -0.39 is 0 Å². The number of aryl methyl sites for hydroxylation is 2. The van der Waals surface area contributed by atoms with Gasteiger partial charge in [-0.3, -0.25) is 14.2 Å². The summed E-state index contributed by atoms with van der Waals surface area (Å²) in [4.78, 5) is 30.9. The van der Waals surface area contributed by atoms with Gasteiger partial charge in [0.15, 0.2) is 9.50 Å². The summed E-state index contributed by atoms with van der Waals surface area (Å²) in [6.07, 6.45) is 5.90. The number of para-hydroxylation sites is 1. The number of thiazole rings is 1. The zero-order valence-corrected chi connectivity index (χ0v) is 23.5. The van der Waals surface area contributed by atoms with E-state index in [-0.39, 0.29) is 17.1 Å². The Morgan fingerprint density at radius 2 is 2.00 bits per heavy atom. The number of benzene rings is 2. The van der Waals surface area contributed by atoms with Crippen LogP contribution in [0, 0.1) is 0 Å². The van der Waals surface area contributed by atoms with Gasteiger partial charge < -0.3 is 9.88 Å². The molecule has 1 aliphatic carbocycles. The number of fused-ring (bicyclic) bond motifs is 4. The van der Waals surface area contributed by atoms with E-state index in [1.165, 1.54) is 57.9 Å². The predicted molar refractivity (Wildman–Crippen MR) is 155 cm³/mol. The monoisotopic (exact) mass is 562 g/mol. The molecule has 3 aromatic heterocycles. The number of aromatic nitrogens is 5. The number of hydrogen-bond donors (Lipinski definition) is 1. The summed E-state index contributed by atoms with van der Waals surface area (Å²) in [6.45, 7) is 1.84. The Balaban J connectivity index is 1.14. The molecule has 0 aliphatic heterocycles. The first-order valence-corrected chi connectivity index (χ1v) is 15.2. The topological polar surface area (TPSA) is 94.7 Å². The van der Waals surface area contributed by atoms with Gasteiger partial charge in [0.25, 0.3) is 0 Å². The van der Waals surface area contributed by atoms with Crippen LogP contribution in [0.3, 0.4) is 0 Å². The predicted octanol–water partition coefficient (Wildman–Crippen LogP) is 5.81. The van der Waals surface area contributed by atoms with Crippen LogP contribution in [-0.4, -0.2) is 47.1 Å². The van der Waals surface area contributed by atoms with Crippen LogP contribution in [0.1, 0.15) is 35.8 Å². The molecule has 8 nitrogen and oxygen atoms in total. The Kier molecular flexibility index (Phi) is 6.98. The highest BCUT2D eigenvalue weighted by Gasteiger charge is 2.23. The van der Waals surface area contributed by atoms with Gasteiger partial charge in [-0.2, -0.15) is 0 Å². The highest BCUT2D eigenvalue weighted by atomic mass is 32.2. The number of hydrogen-bond acceptors (Lipinski definition) is 8. The molecule has 0 bridgehead atoms. The molecule has 38 heavy (non-hydrogen) atoms. The lowest BCUT2D eigenvalue weighted by Gasteiger charge is -2.14. The van der Waals surface area contributed by atoms with Crippen LogP contribution in [0.2, 0.25) is 0 Å². The number of thioether (sulfide) groups is 2. The maximum absolute atomic E-state index is 13.4. The minimum Gasteiger partial charge on any atom is -0.325 e. The van der Waals surface area contributed by atoms with Gasteiger partial charge in [-0.05, 0) is 62.4 Å². The molecule has 194 valence electrons. The Morgan fingerprint density at radius 3 is 2.84 bits per heavy atom. The summed E-state index contributed by atoms with van der Waals surface area (Å²) in [5.74, 6) is 0.311. The second-order valence-electron chi connectivity index (χ2n) is 9.30. The van der Waals surface area contributed by atoms with Crippen LogP contribution in [0.5, 0.6) is 0 Å². The average Bonchev–Trinajstić information content (AvgIpc) is 3.62. The molecule has 1 amide bonds. The summed E-state index contributed by atoms with van der Waals surface area (Å²) >= 11 is 4.37. The quantitative estimate of drug-likeness (QED) is 0.250. The maximum Gasteiger partial charge on any atom is 0.241 e. The van der Waals surface area contributed by atoms with E-state index in [4.69, 9.17) is 4.98 Å². The van der Waals surface area contributed by atoms with Crippen molar-refractivity contribution in [3.05, 3.63) is 60.0 Å². The van der Waals surface area contributed by atoms with E-state index in [1.54, 1.807) is 10.9 Å². The smallest absolute Gasteiger partial charge is 0.241 e. The third-order valence-electron chi connectivity index (χ3n) is 6.70. The van der Waals surface area contributed by atoms with Gasteiger partial charge in [0.05, 0.1) is 26.7 Å². The first-order valence-electron chi connectivity index (χ1n) is 12.5. The summed E-state index contributed by atoms with van der Waals surface area (Å²) in [7, 11) is 1.85. The molecule has 3 heterocycles. The lowest BCUT2D eigenvalue weighted by Crippen LogP contribution is -2.22. The number of amides is 1. The van der Waals surface area contributed by atoms with Crippen LogP contribution in [0.15, 0.2) is 58.3 Å². The van der Waals surface area contributed by atoms with Crippen molar-refractivity contribution in [1.29, 1.82) is 0 Å². The molecule has 6 rings (SSSR count). The summed E-state index contributed by atoms with van der Waals surface area (Å²) in [5.41, 5.74) is 5.10. The molecule has 1 aliphatic rings. The zero-order chi connectivity index (χ0) is 26.2. The van der Waals surface area contributed by atoms with E-state index in [0.29, 0.717) is 10.9 Å². The minimum absolute atomic E-state index is 0.0935. The number of nitrogens with one attached hydrogen (secondary N) is 1. The first kappa shape index (κ1) is 25.1. The highest BCUT2D eigenvalue weighted by Crippen LogP contribution is 2.35. The first-order chi connectivity index (χ1) is 18.5. The number of rotatable bonds is 7. The van der Waals surface area contributed by atoms with E-state index in [2.05, 4.69) is 33.7 Å². The number of anilines is 1. The number of carbonyl (C=O) groups is 2. The second-order valence-corrected chi connectivity index (χ2v) is 12.9. The minimum atomic E-state index is -0.331. The maximum atomic E-state index is 13.4. The normalized spacial score (nSPS) is 14.1. The van der Waals surface area contributed by atoms with E-state index >= 15 is 0 Å². The fourth-order valence-electron chi connectivity index (χ4n) is 4.85. The third-order valence-corrected chi connectivity index (χ3v) is 10.00. The Hall–Kier alpha value is -3.15. The molecule has 0 radical (unpaired) electrons. The van der Waals surface area contributed by atoms with E-state index in [0.717, 1.165) is 45.0 Å². The van der Waals surface area contributed by atoms with E-state index in [1.807, 2.05) is 42.8 Å². The lowest BCUT2D eigenvalue weighted by atomic mass is 9.96. The summed E-state index contributed by atoms with van der Waals surface area (Å²) in [5, 5.41) is 12.4. The number of nitrogens with zero attached hydrogens (tertiary/aromatic N) is 5. The van der Waals surface area contributed by atoms with Crippen molar-refractivity contribution in [3.63, 3.8) is 0 Å². The van der Waals surface area contributed by atoms with Gasteiger partial charge in [0.2, 0.25) is 11.8 Å². The van der Waals surface area contributed by atoms with Crippen LogP contribution in [0.25, 0.3) is 21.1 Å². The summed E-state index contributed by atoms with van der Waals surface area (Å²) < 4.78 is 5.54. The van der Waals surface area contributed by atoms with Crippen LogP contribution in [0.4, 0.5) is 5.69 Å². The zero-order valence-electron chi connectivity index (χ0n) is 21.0. The molecule has 5 aromatic rings. The van der Waals surface area contributed by atoms with Crippen molar-refractivity contribution in [1.82, 2.24) is 24.3 Å². The fourth-order valence-corrected chi connectivity index (χ4v) is 7.59. The van der Waals surface area contributed by atoms with Crippen LogP contribution >= 0.6 is 34.9 Å². The SMILES string of the molecule is CC(Sc1nncn1C)C(=O)Nc1ccc2nc(SCC(=O)n3c4c(c5ccccc53)CCCC4)sc2c1. The average molecular weight is 563 g/mol. The Morgan fingerprint density at radius 1 is 1.16 bits per heavy atom. The van der Waals surface area contributed by atoms with Gasteiger partial charge in [-0.15, -0.1) is 21.5 Å². The van der Waals surface area contributed by atoms with Crippen molar-refractivity contribution in [3.8, 4) is 0 Å². The van der Waals surface area contributed by atoms with Gasteiger partial charge in [0.1, 0.15) is 6.33 Å². The van der Waals surface area contributed by atoms with Gasteiger partial charge in [-0.1, -0.05) is 41.7 Å². The van der Waals surface area contributed by atoms with Crippen molar-refractivity contribution >= 4 is 73.5 Å². The van der Waals surface area contributed by atoms with Crippen molar-refractivity contribution in [2.75, 3.05) is 11.1 Å². The molecular formula is C27H26N6O2S3. The molecule has 2 aromatic carbocycles. The third kappa shape index (κ3) is 4.85. The fraction of sp³-hybridized carbons (Fsp3) is 0.296. The standard InChI is InChI=1S/C27H26N6O2S3/c1-16(37-26-31-28-15-32(26)2)25(35)29-17-11-12-20-23(13-17)38-27(30-20)36-14-24(34)33-21-9-5-3-7-18(21)19-8-4-6-10-22(19)33/h3,5,7,9,11-13,15-16H,4,6,8,10,14H2,1-2H3,(H,29,35). The van der Waals surface area contributed by atoms with Gasteiger partial charge in [-0.25, -0.2) is 4.98 Å². The second kappa shape index (κ2) is 10.5. The van der Waals surface area contributed by atoms with Crippen molar-refractivity contribution in [2.45, 2.75) is 47.4 Å². The van der Waals surface area contributed by atoms with Crippen molar-refractivity contribution < 1.29 is 9.59 Å². The Bertz CT molecular complexity index is 1670. The van der Waals surface area contributed by atoms with Gasteiger partial charge >= 0.3 is 0 Å². The van der Waals surface area contributed by atoms with Gasteiger partial charge in [0, 0.05) is 23.8 Å². The molecule has 0 saturated heterocycles. The molecule has 0 saturated carbocycles. The number of carbonyl (C=O) groups excluding carboxylic acids is 2. The molecule has 0 fully saturated rings. The lowest BCUT2D eigenvalue weighted by molar-refractivity contribution is -0.115. The van der Waals surface area contributed by atoms with Crippen molar-refractivity contribution in [2.24, 2.45) is 7.05 Å². The molecule has 0 spiro atoms. The largest absolute Gasteiger partial charge is 0.325 e. The highest BCUT2D eigenvalue weighted by molar-refractivity contribution is 8.01. The molecule has 1 N–H and O–H groups in total. The molecule has 11 heteroatoms. The Labute approximate surface area is 232 Å². The van der Waals surface area contributed by atoms with Crippen LogP contribution < -0.4 is 5.32 Å². The molecular weight excluding hydrogens is 537 g/mol.